The maximum absolute atomic E-state index is 11.4. The molecule has 1 rings (SSSR count). The van der Waals surface area contributed by atoms with Crippen molar-refractivity contribution in [1.82, 2.24) is 0 Å². The lowest BCUT2D eigenvalue weighted by atomic mass is 9.99. The van der Waals surface area contributed by atoms with E-state index in [-0.39, 0.29) is 24.4 Å². The molecule has 0 unspecified atom stereocenters. The van der Waals surface area contributed by atoms with Crippen LogP contribution >= 0.6 is 12.4 Å². The van der Waals surface area contributed by atoms with Crippen molar-refractivity contribution in [2.45, 2.75) is 19.4 Å². The molecule has 84 valence electrons. The van der Waals surface area contributed by atoms with E-state index in [9.17, 15) is 4.79 Å². The van der Waals surface area contributed by atoms with Gasteiger partial charge in [-0.15, -0.1) is 12.4 Å². The van der Waals surface area contributed by atoms with Crippen LogP contribution in [0, 0.1) is 0 Å². The predicted octanol–water partition coefficient (Wildman–Crippen LogP) is 2.30. The Bertz CT molecular complexity index is 328. The second kappa shape index (κ2) is 6.43. The van der Waals surface area contributed by atoms with Crippen molar-refractivity contribution in [1.29, 1.82) is 0 Å². The standard InChI is InChI=1S/C11H15NO2.ClH/c1-3-10(12)8-6-4-5-7-9(8)11(13)14-2;/h4-7,10H,3,12H2,1-2H3;1H/t10-;/m1./s1. The van der Waals surface area contributed by atoms with Gasteiger partial charge in [-0.1, -0.05) is 25.1 Å². The van der Waals surface area contributed by atoms with Crippen LogP contribution in [0.15, 0.2) is 24.3 Å². The minimum absolute atomic E-state index is 0. The van der Waals surface area contributed by atoms with Gasteiger partial charge in [-0.05, 0) is 18.1 Å². The third-order valence-corrected chi connectivity index (χ3v) is 2.21. The molecule has 0 heterocycles. The van der Waals surface area contributed by atoms with Gasteiger partial charge in [0.15, 0.2) is 0 Å². The van der Waals surface area contributed by atoms with Crippen LogP contribution in [-0.2, 0) is 4.74 Å². The van der Waals surface area contributed by atoms with Crippen molar-refractivity contribution in [3.05, 3.63) is 35.4 Å². The summed E-state index contributed by atoms with van der Waals surface area (Å²) in [6.45, 7) is 1.98. The Morgan fingerprint density at radius 3 is 2.60 bits per heavy atom. The summed E-state index contributed by atoms with van der Waals surface area (Å²) in [5.74, 6) is -0.329. The molecule has 2 N–H and O–H groups in total. The van der Waals surface area contributed by atoms with Crippen molar-refractivity contribution >= 4 is 18.4 Å². The molecule has 0 aromatic heterocycles. The summed E-state index contributed by atoms with van der Waals surface area (Å²) in [7, 11) is 1.37. The molecular weight excluding hydrogens is 214 g/mol. The van der Waals surface area contributed by atoms with E-state index < -0.39 is 0 Å². The largest absolute Gasteiger partial charge is 0.465 e. The number of carbonyl (C=O) groups excluding carboxylic acids is 1. The van der Waals surface area contributed by atoms with Crippen molar-refractivity contribution in [2.24, 2.45) is 5.73 Å². The fourth-order valence-corrected chi connectivity index (χ4v) is 1.34. The number of methoxy groups -OCH3 is 1. The van der Waals surface area contributed by atoms with E-state index in [0.29, 0.717) is 5.56 Å². The summed E-state index contributed by atoms with van der Waals surface area (Å²) in [6.07, 6.45) is 0.800. The number of rotatable bonds is 3. The number of hydrogen-bond acceptors (Lipinski definition) is 3. The van der Waals surface area contributed by atoms with Crippen LogP contribution in [0.25, 0.3) is 0 Å². The predicted molar refractivity (Wildman–Crippen MR) is 62.2 cm³/mol. The molecule has 4 heteroatoms. The molecule has 0 bridgehead atoms. The van der Waals surface area contributed by atoms with Gasteiger partial charge in [0.25, 0.3) is 0 Å². The summed E-state index contributed by atoms with van der Waals surface area (Å²) < 4.78 is 4.68. The lowest BCUT2D eigenvalue weighted by Gasteiger charge is -2.12. The number of hydrogen-bond donors (Lipinski definition) is 1. The zero-order chi connectivity index (χ0) is 10.6. The Morgan fingerprint density at radius 2 is 2.07 bits per heavy atom. The molecule has 0 radical (unpaired) electrons. The Labute approximate surface area is 96.0 Å². The topological polar surface area (TPSA) is 52.3 Å². The molecular formula is C11H16ClNO2. The first-order valence-electron chi connectivity index (χ1n) is 4.63. The van der Waals surface area contributed by atoms with E-state index >= 15 is 0 Å². The van der Waals surface area contributed by atoms with Crippen LogP contribution in [0.3, 0.4) is 0 Å². The van der Waals surface area contributed by atoms with Gasteiger partial charge in [-0.2, -0.15) is 0 Å². The molecule has 0 aliphatic rings. The van der Waals surface area contributed by atoms with Crippen molar-refractivity contribution in [3.63, 3.8) is 0 Å². The lowest BCUT2D eigenvalue weighted by Crippen LogP contribution is -2.14. The molecule has 1 aromatic rings. The van der Waals surface area contributed by atoms with Crippen LogP contribution < -0.4 is 5.73 Å². The molecule has 0 saturated heterocycles. The number of esters is 1. The van der Waals surface area contributed by atoms with Crippen molar-refractivity contribution in [3.8, 4) is 0 Å². The highest BCUT2D eigenvalue weighted by Gasteiger charge is 2.14. The van der Waals surface area contributed by atoms with Crippen LogP contribution in [0.2, 0.25) is 0 Å². The first-order chi connectivity index (χ1) is 6.70. The van der Waals surface area contributed by atoms with Crippen LogP contribution in [0.4, 0.5) is 0 Å². The van der Waals surface area contributed by atoms with Crippen LogP contribution in [-0.4, -0.2) is 13.1 Å². The first kappa shape index (κ1) is 13.9. The third kappa shape index (κ3) is 3.22. The Hall–Kier alpha value is -1.06. The number of benzene rings is 1. The number of ether oxygens (including phenoxy) is 1. The highest BCUT2D eigenvalue weighted by Crippen LogP contribution is 2.18. The summed E-state index contributed by atoms with van der Waals surface area (Å²) >= 11 is 0. The van der Waals surface area contributed by atoms with Gasteiger partial charge in [0.2, 0.25) is 0 Å². The molecule has 0 spiro atoms. The fourth-order valence-electron chi connectivity index (χ4n) is 1.34. The van der Waals surface area contributed by atoms with Gasteiger partial charge in [0.05, 0.1) is 12.7 Å². The van der Waals surface area contributed by atoms with Gasteiger partial charge < -0.3 is 10.5 Å². The molecule has 0 saturated carbocycles. The average molecular weight is 230 g/mol. The number of nitrogens with two attached hydrogens (primary N) is 1. The number of halogens is 1. The minimum Gasteiger partial charge on any atom is -0.465 e. The second-order valence-corrected chi connectivity index (χ2v) is 3.09. The normalized spacial score (nSPS) is 11.4. The van der Waals surface area contributed by atoms with E-state index in [4.69, 9.17) is 5.73 Å². The quantitative estimate of drug-likeness (QED) is 0.810. The van der Waals surface area contributed by atoms with Gasteiger partial charge in [-0.3, -0.25) is 0 Å². The minimum atomic E-state index is -0.329. The smallest absolute Gasteiger partial charge is 0.338 e. The Morgan fingerprint density at radius 1 is 1.47 bits per heavy atom. The average Bonchev–Trinajstić information content (AvgIpc) is 2.27. The van der Waals surface area contributed by atoms with Gasteiger partial charge >= 0.3 is 5.97 Å². The van der Waals surface area contributed by atoms with Gasteiger partial charge in [0, 0.05) is 6.04 Å². The van der Waals surface area contributed by atoms with E-state index in [1.807, 2.05) is 19.1 Å². The lowest BCUT2D eigenvalue weighted by molar-refractivity contribution is 0.0599. The molecule has 0 fully saturated rings. The summed E-state index contributed by atoms with van der Waals surface area (Å²) in [5.41, 5.74) is 7.29. The van der Waals surface area contributed by atoms with Crippen LogP contribution in [0.5, 0.6) is 0 Å². The van der Waals surface area contributed by atoms with E-state index in [1.165, 1.54) is 7.11 Å². The molecule has 15 heavy (non-hydrogen) atoms. The summed E-state index contributed by atoms with van der Waals surface area (Å²) in [6, 6.07) is 7.16. The third-order valence-electron chi connectivity index (χ3n) is 2.21. The molecule has 3 nitrogen and oxygen atoms in total. The first-order valence-corrected chi connectivity index (χ1v) is 4.63. The van der Waals surface area contributed by atoms with Crippen LogP contribution in [0.1, 0.15) is 35.3 Å². The highest BCUT2D eigenvalue weighted by molar-refractivity contribution is 5.91. The molecule has 1 atom stereocenters. The molecule has 0 aliphatic heterocycles. The van der Waals surface area contributed by atoms with Crippen molar-refractivity contribution < 1.29 is 9.53 Å². The SMILES string of the molecule is CC[C@@H](N)c1ccccc1C(=O)OC.Cl. The highest BCUT2D eigenvalue weighted by atomic mass is 35.5. The zero-order valence-electron chi connectivity index (χ0n) is 8.90. The van der Waals surface area contributed by atoms with E-state index in [1.54, 1.807) is 12.1 Å². The fraction of sp³-hybridized carbons (Fsp3) is 0.364. The maximum atomic E-state index is 11.4. The second-order valence-electron chi connectivity index (χ2n) is 3.09. The van der Waals surface area contributed by atoms with E-state index in [0.717, 1.165) is 12.0 Å². The van der Waals surface area contributed by atoms with Crippen molar-refractivity contribution in [2.75, 3.05) is 7.11 Å². The monoisotopic (exact) mass is 229 g/mol. The van der Waals surface area contributed by atoms with Gasteiger partial charge in [-0.25, -0.2) is 4.79 Å². The molecule has 0 amide bonds. The summed E-state index contributed by atoms with van der Waals surface area (Å²) in [4.78, 5) is 11.4. The van der Waals surface area contributed by atoms with Gasteiger partial charge in [0.1, 0.15) is 0 Å². The maximum Gasteiger partial charge on any atom is 0.338 e. The number of carbonyl (C=O) groups is 1. The molecule has 0 aliphatic carbocycles. The van der Waals surface area contributed by atoms with E-state index in [2.05, 4.69) is 4.74 Å². The summed E-state index contributed by atoms with van der Waals surface area (Å²) in [5, 5.41) is 0. The molecule has 1 aromatic carbocycles. The zero-order valence-corrected chi connectivity index (χ0v) is 9.71. The Balaban J connectivity index is 0.00000196. The Kier molecular flexibility index (Phi) is 5.97.